The Kier molecular flexibility index (Phi) is 4.61. The number of aryl methyl sites for hydroxylation is 1. The van der Waals surface area contributed by atoms with Crippen molar-refractivity contribution in [3.05, 3.63) is 72.4 Å². The molecule has 0 aliphatic carbocycles. The van der Waals surface area contributed by atoms with Crippen LogP contribution in [0.1, 0.15) is 12.5 Å². The second kappa shape index (κ2) is 7.00. The van der Waals surface area contributed by atoms with E-state index in [0.29, 0.717) is 11.6 Å². The Morgan fingerprint density at radius 1 is 1.08 bits per heavy atom. The SMILES string of the molecule is Cc1ccc(O[C@@H](C)C(=O)Nc2ccn(-c3ccccc3)n2)cc1. The summed E-state index contributed by atoms with van der Waals surface area (Å²) in [5.74, 6) is 0.912. The van der Waals surface area contributed by atoms with Crippen LogP contribution < -0.4 is 10.1 Å². The van der Waals surface area contributed by atoms with Crippen LogP contribution in [0, 0.1) is 6.92 Å². The molecule has 24 heavy (non-hydrogen) atoms. The van der Waals surface area contributed by atoms with Crippen molar-refractivity contribution in [2.24, 2.45) is 0 Å². The number of hydrogen-bond donors (Lipinski definition) is 1. The molecular formula is C19H19N3O2. The van der Waals surface area contributed by atoms with Gasteiger partial charge in [0.1, 0.15) is 5.75 Å². The lowest BCUT2D eigenvalue weighted by Gasteiger charge is -2.13. The minimum atomic E-state index is -0.616. The van der Waals surface area contributed by atoms with Gasteiger partial charge in [-0.25, -0.2) is 4.68 Å². The summed E-state index contributed by atoms with van der Waals surface area (Å²) in [7, 11) is 0. The Balaban J connectivity index is 1.62. The molecule has 3 rings (SSSR count). The average Bonchev–Trinajstić information content (AvgIpc) is 3.06. The average molecular weight is 321 g/mol. The third-order valence-electron chi connectivity index (χ3n) is 3.56. The summed E-state index contributed by atoms with van der Waals surface area (Å²) in [6.45, 7) is 3.71. The number of amides is 1. The van der Waals surface area contributed by atoms with Crippen molar-refractivity contribution in [3.63, 3.8) is 0 Å². The molecule has 122 valence electrons. The quantitative estimate of drug-likeness (QED) is 0.781. The highest BCUT2D eigenvalue weighted by Gasteiger charge is 2.16. The highest BCUT2D eigenvalue weighted by atomic mass is 16.5. The molecule has 0 bridgehead atoms. The molecule has 1 heterocycles. The molecule has 2 aromatic carbocycles. The van der Waals surface area contributed by atoms with Crippen LogP contribution in [-0.2, 0) is 4.79 Å². The van der Waals surface area contributed by atoms with E-state index in [1.54, 1.807) is 23.9 Å². The summed E-state index contributed by atoms with van der Waals surface area (Å²) in [4.78, 5) is 12.2. The van der Waals surface area contributed by atoms with Crippen molar-refractivity contribution in [3.8, 4) is 11.4 Å². The summed E-state index contributed by atoms with van der Waals surface area (Å²) < 4.78 is 7.36. The fourth-order valence-corrected chi connectivity index (χ4v) is 2.22. The van der Waals surface area contributed by atoms with Gasteiger partial charge in [0.05, 0.1) is 5.69 Å². The zero-order valence-electron chi connectivity index (χ0n) is 13.6. The number of ether oxygens (including phenoxy) is 1. The molecule has 0 fully saturated rings. The monoisotopic (exact) mass is 321 g/mol. The van der Waals surface area contributed by atoms with Gasteiger partial charge in [-0.15, -0.1) is 0 Å². The van der Waals surface area contributed by atoms with Gasteiger partial charge in [0.2, 0.25) is 0 Å². The maximum absolute atomic E-state index is 12.2. The van der Waals surface area contributed by atoms with Crippen LogP contribution in [0.3, 0.4) is 0 Å². The van der Waals surface area contributed by atoms with Crippen LogP contribution in [0.2, 0.25) is 0 Å². The second-order valence-electron chi connectivity index (χ2n) is 5.54. The highest BCUT2D eigenvalue weighted by Crippen LogP contribution is 2.15. The van der Waals surface area contributed by atoms with E-state index in [4.69, 9.17) is 4.74 Å². The Hall–Kier alpha value is -3.08. The van der Waals surface area contributed by atoms with Crippen molar-refractivity contribution in [2.45, 2.75) is 20.0 Å². The molecule has 5 nitrogen and oxygen atoms in total. The van der Waals surface area contributed by atoms with Crippen molar-refractivity contribution in [1.29, 1.82) is 0 Å². The second-order valence-corrected chi connectivity index (χ2v) is 5.54. The minimum absolute atomic E-state index is 0.242. The van der Waals surface area contributed by atoms with Gasteiger partial charge in [-0.1, -0.05) is 35.9 Å². The number of carbonyl (C=O) groups excluding carboxylic acids is 1. The molecule has 0 aliphatic heterocycles. The Bertz CT molecular complexity index is 810. The molecule has 1 amide bonds. The van der Waals surface area contributed by atoms with Crippen molar-refractivity contribution in [2.75, 3.05) is 5.32 Å². The van der Waals surface area contributed by atoms with Gasteiger partial charge >= 0.3 is 0 Å². The van der Waals surface area contributed by atoms with E-state index in [-0.39, 0.29) is 5.91 Å². The van der Waals surface area contributed by atoms with Gasteiger partial charge in [-0.05, 0) is 38.1 Å². The number of nitrogens with zero attached hydrogens (tertiary/aromatic N) is 2. The lowest BCUT2D eigenvalue weighted by atomic mass is 10.2. The molecule has 0 aliphatic rings. The Morgan fingerprint density at radius 3 is 2.50 bits per heavy atom. The van der Waals surface area contributed by atoms with Crippen molar-refractivity contribution >= 4 is 11.7 Å². The van der Waals surface area contributed by atoms with E-state index >= 15 is 0 Å². The van der Waals surface area contributed by atoms with Crippen molar-refractivity contribution < 1.29 is 9.53 Å². The zero-order chi connectivity index (χ0) is 16.9. The summed E-state index contributed by atoms with van der Waals surface area (Å²) in [5.41, 5.74) is 2.08. The van der Waals surface area contributed by atoms with Crippen molar-refractivity contribution in [1.82, 2.24) is 9.78 Å². The van der Waals surface area contributed by atoms with Crippen LogP contribution in [0.25, 0.3) is 5.69 Å². The van der Waals surface area contributed by atoms with Crippen LogP contribution in [0.15, 0.2) is 66.9 Å². The molecule has 0 radical (unpaired) electrons. The van der Waals surface area contributed by atoms with Crippen LogP contribution in [0.5, 0.6) is 5.75 Å². The number of hydrogen-bond acceptors (Lipinski definition) is 3. The first kappa shape index (κ1) is 15.8. The van der Waals surface area contributed by atoms with E-state index in [1.165, 1.54) is 0 Å². The van der Waals surface area contributed by atoms with E-state index in [9.17, 15) is 4.79 Å². The van der Waals surface area contributed by atoms with E-state index in [0.717, 1.165) is 11.3 Å². The molecule has 0 saturated carbocycles. The highest BCUT2D eigenvalue weighted by molar-refractivity contribution is 5.93. The lowest BCUT2D eigenvalue weighted by molar-refractivity contribution is -0.122. The number of aromatic nitrogens is 2. The van der Waals surface area contributed by atoms with Gasteiger partial charge in [0.25, 0.3) is 5.91 Å². The van der Waals surface area contributed by atoms with Gasteiger partial charge in [-0.3, -0.25) is 4.79 Å². The fraction of sp³-hybridized carbons (Fsp3) is 0.158. The third-order valence-corrected chi connectivity index (χ3v) is 3.56. The third kappa shape index (κ3) is 3.81. The van der Waals surface area contributed by atoms with Gasteiger partial charge in [0.15, 0.2) is 11.9 Å². The number of benzene rings is 2. The first-order valence-corrected chi connectivity index (χ1v) is 7.77. The zero-order valence-corrected chi connectivity index (χ0v) is 13.6. The van der Waals surface area contributed by atoms with E-state index in [2.05, 4.69) is 10.4 Å². The molecule has 5 heteroatoms. The van der Waals surface area contributed by atoms with Gasteiger partial charge in [0, 0.05) is 12.3 Å². The normalized spacial score (nSPS) is 11.8. The Morgan fingerprint density at radius 2 is 1.79 bits per heavy atom. The summed E-state index contributed by atoms with van der Waals surface area (Å²) >= 11 is 0. The fourth-order valence-electron chi connectivity index (χ4n) is 2.22. The number of rotatable bonds is 5. The number of anilines is 1. The molecule has 1 atom stereocenters. The molecule has 0 saturated heterocycles. The largest absolute Gasteiger partial charge is 0.481 e. The summed E-state index contributed by atoms with van der Waals surface area (Å²) in [5, 5.41) is 7.12. The van der Waals surface area contributed by atoms with Crippen LogP contribution in [-0.4, -0.2) is 21.8 Å². The molecular weight excluding hydrogens is 302 g/mol. The summed E-state index contributed by atoms with van der Waals surface area (Å²) in [6.07, 6.45) is 1.19. The topological polar surface area (TPSA) is 56.1 Å². The Labute approximate surface area is 140 Å². The summed E-state index contributed by atoms with van der Waals surface area (Å²) in [6, 6.07) is 19.1. The lowest BCUT2D eigenvalue weighted by Crippen LogP contribution is -2.30. The molecule has 0 spiro atoms. The van der Waals surface area contributed by atoms with Gasteiger partial charge < -0.3 is 10.1 Å². The number of para-hydroxylation sites is 1. The maximum Gasteiger partial charge on any atom is 0.266 e. The predicted molar refractivity (Wildman–Crippen MR) is 93.5 cm³/mol. The first-order valence-electron chi connectivity index (χ1n) is 7.77. The van der Waals surface area contributed by atoms with E-state index < -0.39 is 6.10 Å². The smallest absolute Gasteiger partial charge is 0.266 e. The van der Waals surface area contributed by atoms with Gasteiger partial charge in [-0.2, -0.15) is 5.10 Å². The standard InChI is InChI=1S/C19H19N3O2/c1-14-8-10-17(11-9-14)24-15(2)19(23)20-18-12-13-22(21-18)16-6-4-3-5-7-16/h3-13,15H,1-2H3,(H,20,21,23)/t15-/m0/s1. The molecule has 0 unspecified atom stereocenters. The molecule has 1 N–H and O–H groups in total. The first-order chi connectivity index (χ1) is 11.6. The predicted octanol–water partition coefficient (Wildman–Crippen LogP) is 3.59. The van der Waals surface area contributed by atoms with Crippen LogP contribution >= 0.6 is 0 Å². The maximum atomic E-state index is 12.2. The number of nitrogens with one attached hydrogen (secondary N) is 1. The molecule has 1 aromatic heterocycles. The van der Waals surface area contributed by atoms with E-state index in [1.807, 2.05) is 61.5 Å². The number of carbonyl (C=O) groups is 1. The van der Waals surface area contributed by atoms with Crippen LogP contribution in [0.4, 0.5) is 5.82 Å². The minimum Gasteiger partial charge on any atom is -0.481 e. The molecule has 3 aromatic rings.